The number of nitrogens with one attached hydrogen (secondary N) is 2. The third-order valence-electron chi connectivity index (χ3n) is 7.27. The molecule has 0 fully saturated rings. The summed E-state index contributed by atoms with van der Waals surface area (Å²) in [5.41, 5.74) is 6.38. The number of carbonyl (C=O) groups excluding carboxylic acids is 1. The zero-order valence-electron chi connectivity index (χ0n) is 21.9. The van der Waals surface area contributed by atoms with Gasteiger partial charge in [0.25, 0.3) is 11.5 Å². The van der Waals surface area contributed by atoms with E-state index in [0.717, 1.165) is 53.6 Å². The molecule has 1 atom stereocenters. The van der Waals surface area contributed by atoms with Crippen molar-refractivity contribution in [3.8, 4) is 0 Å². The molecule has 0 bridgehead atoms. The van der Waals surface area contributed by atoms with Crippen LogP contribution in [0.4, 0.5) is 0 Å². The lowest BCUT2D eigenvalue weighted by Crippen LogP contribution is -2.44. The molecule has 2 aromatic carbocycles. The summed E-state index contributed by atoms with van der Waals surface area (Å²) in [5.74, 6) is -0.159. The molecule has 1 amide bonds. The summed E-state index contributed by atoms with van der Waals surface area (Å²) in [6.07, 6.45) is 7.30. The number of fused-ring (bicyclic) bond motifs is 1. The first kappa shape index (κ1) is 25.7. The molecule has 0 spiro atoms. The van der Waals surface area contributed by atoms with Crippen LogP contribution in [0.1, 0.15) is 76.7 Å². The van der Waals surface area contributed by atoms with Crippen LogP contribution in [0.3, 0.4) is 0 Å². The highest BCUT2D eigenvalue weighted by molar-refractivity contribution is 5.94. The molecule has 2 N–H and O–H groups in total. The predicted molar refractivity (Wildman–Crippen MR) is 147 cm³/mol. The second-order valence-corrected chi connectivity index (χ2v) is 10.2. The van der Waals surface area contributed by atoms with E-state index in [1.54, 1.807) is 12.5 Å². The van der Waals surface area contributed by atoms with Crippen LogP contribution in [-0.2, 0) is 25.8 Å². The van der Waals surface area contributed by atoms with Gasteiger partial charge in [0.05, 0.1) is 18.2 Å². The zero-order chi connectivity index (χ0) is 26.5. The lowest BCUT2D eigenvalue weighted by atomic mass is 9.90. The van der Waals surface area contributed by atoms with Crippen LogP contribution < -0.4 is 10.9 Å². The molecule has 2 aromatic heterocycles. The molecule has 4 aromatic rings. The van der Waals surface area contributed by atoms with E-state index < -0.39 is 0 Å². The Labute approximate surface area is 222 Å². The SMILES string of the molecule is CC(C)N(Cc1ccccc1)C(NC(=O)c1cccc(Cc2n[nH]c(=O)c3c2CCCC3)c1)c1ccoc1. The van der Waals surface area contributed by atoms with Crippen LogP contribution in [-0.4, -0.2) is 27.0 Å². The average Bonchev–Trinajstić information content (AvgIpc) is 3.48. The number of H-pyrrole nitrogens is 1. The molecule has 1 aliphatic carbocycles. The van der Waals surface area contributed by atoms with E-state index in [1.165, 1.54) is 5.56 Å². The Kier molecular flexibility index (Phi) is 7.84. The van der Waals surface area contributed by atoms with Crippen LogP contribution in [0.5, 0.6) is 0 Å². The lowest BCUT2D eigenvalue weighted by Gasteiger charge is -2.35. The summed E-state index contributed by atoms with van der Waals surface area (Å²) in [5, 5.41) is 10.3. The van der Waals surface area contributed by atoms with Gasteiger partial charge in [-0.2, -0.15) is 5.10 Å². The predicted octanol–water partition coefficient (Wildman–Crippen LogP) is 5.17. The van der Waals surface area contributed by atoms with Crippen molar-refractivity contribution in [2.24, 2.45) is 0 Å². The minimum Gasteiger partial charge on any atom is -0.472 e. The highest BCUT2D eigenvalue weighted by atomic mass is 16.3. The maximum atomic E-state index is 13.6. The Bertz CT molecular complexity index is 1430. The standard InChI is InChI=1S/C31H34N4O3/c1-21(2)35(19-22-9-4-3-5-10-22)29(25-15-16-38-20-25)32-30(36)24-12-8-11-23(17-24)18-28-26-13-6-7-14-27(26)31(37)34-33-28/h3-5,8-12,15-17,20-21,29H,6-7,13-14,18-19H2,1-2H3,(H,32,36)(H,34,37). The van der Waals surface area contributed by atoms with Crippen LogP contribution in [0.25, 0.3) is 0 Å². The topological polar surface area (TPSA) is 91.2 Å². The van der Waals surface area contributed by atoms with Crippen molar-refractivity contribution < 1.29 is 9.21 Å². The Morgan fingerprint density at radius 1 is 1.03 bits per heavy atom. The van der Waals surface area contributed by atoms with Crippen LogP contribution in [0, 0.1) is 0 Å². The molecule has 5 rings (SSSR count). The van der Waals surface area contributed by atoms with Gasteiger partial charge in [-0.1, -0.05) is 42.5 Å². The minimum atomic E-state index is -0.363. The van der Waals surface area contributed by atoms with Gasteiger partial charge in [0.2, 0.25) is 0 Å². The van der Waals surface area contributed by atoms with Gasteiger partial charge in [-0.15, -0.1) is 0 Å². The summed E-state index contributed by atoms with van der Waals surface area (Å²) >= 11 is 0. The van der Waals surface area contributed by atoms with Crippen molar-refractivity contribution in [1.82, 2.24) is 20.4 Å². The van der Waals surface area contributed by atoms with Crippen molar-refractivity contribution in [3.05, 3.63) is 123 Å². The summed E-state index contributed by atoms with van der Waals surface area (Å²) < 4.78 is 5.39. The zero-order valence-corrected chi connectivity index (χ0v) is 21.9. The maximum Gasteiger partial charge on any atom is 0.267 e. The van der Waals surface area contributed by atoms with Crippen molar-refractivity contribution in [2.75, 3.05) is 0 Å². The van der Waals surface area contributed by atoms with Crippen molar-refractivity contribution >= 4 is 5.91 Å². The van der Waals surface area contributed by atoms with Crippen molar-refractivity contribution in [3.63, 3.8) is 0 Å². The van der Waals surface area contributed by atoms with Gasteiger partial charge in [-0.05, 0) is 74.4 Å². The molecule has 7 heteroatoms. The number of amides is 1. The van der Waals surface area contributed by atoms with E-state index in [2.05, 4.69) is 46.4 Å². The normalized spacial score (nSPS) is 13.9. The second-order valence-electron chi connectivity index (χ2n) is 10.2. The second kappa shape index (κ2) is 11.6. The monoisotopic (exact) mass is 510 g/mol. The molecule has 7 nitrogen and oxygen atoms in total. The molecule has 196 valence electrons. The smallest absolute Gasteiger partial charge is 0.267 e. The average molecular weight is 511 g/mol. The fourth-order valence-corrected chi connectivity index (χ4v) is 5.25. The summed E-state index contributed by atoms with van der Waals surface area (Å²) in [4.78, 5) is 28.1. The number of aromatic amines is 1. The number of hydrogen-bond donors (Lipinski definition) is 2. The van der Waals surface area contributed by atoms with E-state index in [0.29, 0.717) is 18.5 Å². The highest BCUT2D eigenvalue weighted by Crippen LogP contribution is 2.25. The molecule has 1 aliphatic rings. The molecule has 38 heavy (non-hydrogen) atoms. The summed E-state index contributed by atoms with van der Waals surface area (Å²) in [7, 11) is 0. The van der Waals surface area contributed by atoms with Gasteiger partial charge >= 0.3 is 0 Å². The highest BCUT2D eigenvalue weighted by Gasteiger charge is 2.26. The first-order chi connectivity index (χ1) is 18.5. The number of nitrogens with zero attached hydrogens (tertiary/aromatic N) is 2. The largest absolute Gasteiger partial charge is 0.472 e. The van der Waals surface area contributed by atoms with E-state index >= 15 is 0 Å². The number of furan rings is 1. The Hall–Kier alpha value is -3.97. The third kappa shape index (κ3) is 5.78. The van der Waals surface area contributed by atoms with Gasteiger partial charge in [0, 0.05) is 35.7 Å². The molecule has 0 saturated carbocycles. The van der Waals surface area contributed by atoms with E-state index in [-0.39, 0.29) is 23.7 Å². The fourth-order valence-electron chi connectivity index (χ4n) is 5.25. The molecule has 0 radical (unpaired) electrons. The molecular weight excluding hydrogens is 476 g/mol. The van der Waals surface area contributed by atoms with Gasteiger partial charge < -0.3 is 9.73 Å². The Morgan fingerprint density at radius 3 is 2.53 bits per heavy atom. The van der Waals surface area contributed by atoms with E-state index in [1.807, 2.05) is 48.5 Å². The minimum absolute atomic E-state index is 0.0768. The Morgan fingerprint density at radius 2 is 1.79 bits per heavy atom. The number of rotatable bonds is 9. The van der Waals surface area contributed by atoms with Crippen LogP contribution in [0.2, 0.25) is 0 Å². The fraction of sp³-hybridized carbons (Fsp3) is 0.323. The van der Waals surface area contributed by atoms with Gasteiger partial charge in [-0.3, -0.25) is 14.5 Å². The quantitative estimate of drug-likeness (QED) is 0.303. The van der Waals surface area contributed by atoms with Gasteiger partial charge in [0.1, 0.15) is 6.17 Å². The Balaban J connectivity index is 1.38. The first-order valence-electron chi connectivity index (χ1n) is 13.3. The summed E-state index contributed by atoms with van der Waals surface area (Å²) in [6, 6.07) is 20.0. The number of carbonyl (C=O) groups is 1. The molecular formula is C31H34N4O3. The number of hydrogen-bond acceptors (Lipinski definition) is 5. The first-order valence-corrected chi connectivity index (χ1v) is 13.3. The van der Waals surface area contributed by atoms with E-state index in [4.69, 9.17) is 4.42 Å². The number of benzene rings is 2. The molecule has 0 saturated heterocycles. The molecule has 0 aliphatic heterocycles. The maximum absolute atomic E-state index is 13.6. The molecule has 2 heterocycles. The van der Waals surface area contributed by atoms with Gasteiger partial charge in [-0.25, -0.2) is 5.10 Å². The van der Waals surface area contributed by atoms with Crippen LogP contribution in [0.15, 0.2) is 82.4 Å². The molecule has 1 unspecified atom stereocenters. The summed E-state index contributed by atoms with van der Waals surface area (Å²) in [6.45, 7) is 4.93. The van der Waals surface area contributed by atoms with E-state index in [9.17, 15) is 9.59 Å². The van der Waals surface area contributed by atoms with Crippen LogP contribution >= 0.6 is 0 Å². The van der Waals surface area contributed by atoms with Crippen molar-refractivity contribution in [1.29, 1.82) is 0 Å². The third-order valence-corrected chi connectivity index (χ3v) is 7.27. The lowest BCUT2D eigenvalue weighted by molar-refractivity contribution is 0.0768. The van der Waals surface area contributed by atoms with Gasteiger partial charge in [0.15, 0.2) is 0 Å². The number of aromatic nitrogens is 2. The van der Waals surface area contributed by atoms with Crippen molar-refractivity contribution in [2.45, 2.75) is 64.7 Å².